The Morgan fingerprint density at radius 3 is 2.25 bits per heavy atom. The van der Waals surface area contributed by atoms with Crippen molar-refractivity contribution in [1.82, 2.24) is 0 Å². The van der Waals surface area contributed by atoms with Crippen molar-refractivity contribution in [2.75, 3.05) is 0 Å². The molecule has 0 spiro atoms. The molecule has 0 saturated heterocycles. The molecule has 2 aromatic rings. The van der Waals surface area contributed by atoms with E-state index in [9.17, 15) is 17.6 Å². The van der Waals surface area contributed by atoms with Gasteiger partial charge in [0, 0.05) is 0 Å². The standard InChI is InChI=1S/C14H10BrF4N/c15-11-5-4-9(7-12(11)16)13(20)8-2-1-3-10(6-8)14(17,18)19/h1-7,13H,20H2. The quantitative estimate of drug-likeness (QED) is 0.786. The van der Waals surface area contributed by atoms with Crippen LogP contribution in [0.15, 0.2) is 46.9 Å². The average Bonchev–Trinajstić information content (AvgIpc) is 2.40. The summed E-state index contributed by atoms with van der Waals surface area (Å²) < 4.78 is 51.6. The zero-order valence-corrected chi connectivity index (χ0v) is 11.7. The van der Waals surface area contributed by atoms with Crippen LogP contribution in [0, 0.1) is 5.82 Å². The second-order valence-electron chi connectivity index (χ2n) is 4.27. The van der Waals surface area contributed by atoms with Gasteiger partial charge in [0.05, 0.1) is 16.1 Å². The molecular weight excluding hydrogens is 338 g/mol. The number of alkyl halides is 3. The van der Waals surface area contributed by atoms with Gasteiger partial charge in [-0.3, -0.25) is 0 Å². The van der Waals surface area contributed by atoms with Crippen LogP contribution in [-0.4, -0.2) is 0 Å². The minimum atomic E-state index is -4.43. The van der Waals surface area contributed by atoms with Gasteiger partial charge in [-0.25, -0.2) is 4.39 Å². The lowest BCUT2D eigenvalue weighted by molar-refractivity contribution is -0.137. The van der Waals surface area contributed by atoms with Crippen LogP contribution in [0.5, 0.6) is 0 Å². The zero-order valence-electron chi connectivity index (χ0n) is 10.1. The largest absolute Gasteiger partial charge is 0.416 e. The molecule has 2 rings (SSSR count). The van der Waals surface area contributed by atoms with Gasteiger partial charge in [0.15, 0.2) is 0 Å². The van der Waals surface area contributed by atoms with Gasteiger partial charge in [-0.1, -0.05) is 18.2 Å². The van der Waals surface area contributed by atoms with E-state index in [1.165, 1.54) is 24.3 Å². The van der Waals surface area contributed by atoms with E-state index in [2.05, 4.69) is 15.9 Å². The lowest BCUT2D eigenvalue weighted by Gasteiger charge is -2.15. The summed E-state index contributed by atoms with van der Waals surface area (Å²) in [5, 5.41) is 0. The van der Waals surface area contributed by atoms with Gasteiger partial charge < -0.3 is 5.73 Å². The summed E-state index contributed by atoms with van der Waals surface area (Å²) in [4.78, 5) is 0. The molecule has 0 bridgehead atoms. The van der Waals surface area contributed by atoms with E-state index in [1.54, 1.807) is 6.07 Å². The minimum Gasteiger partial charge on any atom is -0.320 e. The van der Waals surface area contributed by atoms with Crippen LogP contribution in [0.2, 0.25) is 0 Å². The summed E-state index contributed by atoms with van der Waals surface area (Å²) in [7, 11) is 0. The maximum Gasteiger partial charge on any atom is 0.416 e. The first-order chi connectivity index (χ1) is 9.29. The fourth-order valence-electron chi connectivity index (χ4n) is 1.81. The van der Waals surface area contributed by atoms with Gasteiger partial charge in [-0.2, -0.15) is 13.2 Å². The maximum absolute atomic E-state index is 13.4. The van der Waals surface area contributed by atoms with Crippen LogP contribution in [0.3, 0.4) is 0 Å². The van der Waals surface area contributed by atoms with Crippen LogP contribution >= 0.6 is 15.9 Å². The Kier molecular flexibility index (Phi) is 4.15. The Labute approximate surface area is 121 Å². The highest BCUT2D eigenvalue weighted by molar-refractivity contribution is 9.10. The first-order valence-corrected chi connectivity index (χ1v) is 6.46. The molecule has 0 aliphatic heterocycles. The third kappa shape index (κ3) is 3.19. The van der Waals surface area contributed by atoms with Gasteiger partial charge in [0.25, 0.3) is 0 Å². The SMILES string of the molecule is NC(c1cccc(C(F)(F)F)c1)c1ccc(Br)c(F)c1. The van der Waals surface area contributed by atoms with Crippen molar-refractivity contribution < 1.29 is 17.6 Å². The van der Waals surface area contributed by atoms with Gasteiger partial charge in [0.1, 0.15) is 5.82 Å². The number of hydrogen-bond acceptors (Lipinski definition) is 1. The number of halogens is 5. The third-order valence-corrected chi connectivity index (χ3v) is 3.52. The Hall–Kier alpha value is -1.40. The van der Waals surface area contributed by atoms with E-state index in [0.717, 1.165) is 12.1 Å². The molecule has 0 aromatic heterocycles. The highest BCUT2D eigenvalue weighted by Crippen LogP contribution is 2.32. The van der Waals surface area contributed by atoms with Crippen LogP contribution in [0.1, 0.15) is 22.7 Å². The van der Waals surface area contributed by atoms with Crippen molar-refractivity contribution in [3.63, 3.8) is 0 Å². The maximum atomic E-state index is 13.4. The van der Waals surface area contributed by atoms with Crippen molar-refractivity contribution >= 4 is 15.9 Å². The first kappa shape index (κ1) is 15.0. The van der Waals surface area contributed by atoms with E-state index in [-0.39, 0.29) is 10.0 Å². The van der Waals surface area contributed by atoms with E-state index >= 15 is 0 Å². The molecule has 0 aliphatic carbocycles. The van der Waals surface area contributed by atoms with Gasteiger partial charge in [-0.15, -0.1) is 0 Å². The summed E-state index contributed by atoms with van der Waals surface area (Å²) >= 11 is 3.01. The number of nitrogens with two attached hydrogens (primary N) is 1. The Bertz CT molecular complexity index is 625. The van der Waals surface area contributed by atoms with Crippen molar-refractivity contribution in [3.8, 4) is 0 Å². The van der Waals surface area contributed by atoms with Crippen molar-refractivity contribution in [1.29, 1.82) is 0 Å². The van der Waals surface area contributed by atoms with Gasteiger partial charge in [-0.05, 0) is 51.3 Å². The van der Waals surface area contributed by atoms with Crippen molar-refractivity contribution in [2.45, 2.75) is 12.2 Å². The monoisotopic (exact) mass is 347 g/mol. The van der Waals surface area contributed by atoms with E-state index in [1.807, 2.05) is 0 Å². The first-order valence-electron chi connectivity index (χ1n) is 5.66. The summed E-state index contributed by atoms with van der Waals surface area (Å²) in [6.45, 7) is 0. The van der Waals surface area contributed by atoms with Crippen molar-refractivity contribution in [3.05, 3.63) is 69.4 Å². The molecule has 2 N–H and O–H groups in total. The highest BCUT2D eigenvalue weighted by atomic mass is 79.9. The molecule has 2 aromatic carbocycles. The van der Waals surface area contributed by atoms with Crippen LogP contribution in [0.25, 0.3) is 0 Å². The highest BCUT2D eigenvalue weighted by Gasteiger charge is 2.30. The molecule has 106 valence electrons. The molecule has 0 saturated carbocycles. The summed E-state index contributed by atoms with van der Waals surface area (Å²) in [5.41, 5.74) is 5.81. The molecule has 0 amide bonds. The van der Waals surface area contributed by atoms with Crippen molar-refractivity contribution in [2.24, 2.45) is 5.73 Å². The predicted molar refractivity (Wildman–Crippen MR) is 71.6 cm³/mol. The van der Waals surface area contributed by atoms with E-state index in [4.69, 9.17) is 5.73 Å². The molecule has 0 fully saturated rings. The Morgan fingerprint density at radius 1 is 1.00 bits per heavy atom. The number of hydrogen-bond donors (Lipinski definition) is 1. The Balaban J connectivity index is 2.38. The zero-order chi connectivity index (χ0) is 14.9. The second kappa shape index (κ2) is 5.54. The molecular formula is C14H10BrF4N. The third-order valence-electron chi connectivity index (χ3n) is 2.88. The lowest BCUT2D eigenvalue weighted by atomic mass is 9.98. The normalized spacial score (nSPS) is 13.3. The van der Waals surface area contributed by atoms with E-state index < -0.39 is 23.6 Å². The molecule has 1 atom stereocenters. The summed E-state index contributed by atoms with van der Waals surface area (Å²) in [6, 6.07) is 8.14. The molecule has 6 heteroatoms. The van der Waals surface area contributed by atoms with Crippen LogP contribution in [0.4, 0.5) is 17.6 Å². The van der Waals surface area contributed by atoms with Crippen LogP contribution < -0.4 is 5.73 Å². The van der Waals surface area contributed by atoms with Gasteiger partial charge in [0.2, 0.25) is 0 Å². The number of benzene rings is 2. The molecule has 0 aliphatic rings. The van der Waals surface area contributed by atoms with Crippen LogP contribution in [-0.2, 0) is 6.18 Å². The predicted octanol–water partition coefficient (Wildman–Crippen LogP) is 4.66. The molecule has 0 radical (unpaired) electrons. The molecule has 1 nitrogen and oxygen atoms in total. The fraction of sp³-hybridized carbons (Fsp3) is 0.143. The summed E-state index contributed by atoms with van der Waals surface area (Å²) in [5.74, 6) is -0.509. The second-order valence-corrected chi connectivity index (χ2v) is 5.13. The van der Waals surface area contributed by atoms with E-state index in [0.29, 0.717) is 5.56 Å². The molecule has 1 unspecified atom stereocenters. The average molecular weight is 348 g/mol. The van der Waals surface area contributed by atoms with Gasteiger partial charge >= 0.3 is 6.18 Å². The fourth-order valence-corrected chi connectivity index (χ4v) is 2.05. The lowest BCUT2D eigenvalue weighted by Crippen LogP contribution is -2.14. The Morgan fingerprint density at radius 2 is 1.65 bits per heavy atom. The molecule has 0 heterocycles. The topological polar surface area (TPSA) is 26.0 Å². The number of rotatable bonds is 2. The smallest absolute Gasteiger partial charge is 0.320 e. The summed E-state index contributed by atoms with van der Waals surface area (Å²) in [6.07, 6.45) is -4.43. The molecule has 20 heavy (non-hydrogen) atoms. The minimum absolute atomic E-state index is 0.275.